The van der Waals surface area contributed by atoms with Crippen molar-refractivity contribution in [2.24, 2.45) is 10.8 Å². The SMILES string of the molecule is C=CC(=O)OCCCCCC(=O)OCC(C)(C)C(=O)CC(C)(C)COC(=C)CCCCOC(=O)C=C. The predicted molar refractivity (Wildman–Crippen MR) is 138 cm³/mol. The zero-order valence-corrected chi connectivity index (χ0v) is 22.5. The summed E-state index contributed by atoms with van der Waals surface area (Å²) >= 11 is 0. The highest BCUT2D eigenvalue weighted by Gasteiger charge is 2.34. The van der Waals surface area contributed by atoms with Crippen LogP contribution in [0.25, 0.3) is 0 Å². The number of hydrogen-bond donors (Lipinski definition) is 0. The molecule has 0 spiro atoms. The van der Waals surface area contributed by atoms with Crippen LogP contribution in [0.2, 0.25) is 0 Å². The Balaban J connectivity index is 4.21. The van der Waals surface area contributed by atoms with Crippen molar-refractivity contribution in [2.75, 3.05) is 26.4 Å². The quantitative estimate of drug-likeness (QED) is 0.0680. The lowest BCUT2D eigenvalue weighted by atomic mass is 9.78. The minimum Gasteiger partial charge on any atom is -0.498 e. The molecule has 0 rings (SSSR count). The molecule has 0 unspecified atom stereocenters. The van der Waals surface area contributed by atoms with E-state index in [2.05, 4.69) is 19.7 Å². The van der Waals surface area contributed by atoms with Gasteiger partial charge in [-0.1, -0.05) is 33.6 Å². The predicted octanol–water partition coefficient (Wildman–Crippen LogP) is 5.26. The Morgan fingerprint density at radius 3 is 1.78 bits per heavy atom. The van der Waals surface area contributed by atoms with E-state index in [1.54, 1.807) is 13.8 Å². The molecule has 0 aromatic rings. The summed E-state index contributed by atoms with van der Waals surface area (Å²) in [5, 5.41) is 0. The Bertz CT molecular complexity index is 764. The van der Waals surface area contributed by atoms with E-state index in [1.165, 1.54) is 0 Å². The third-order valence-corrected chi connectivity index (χ3v) is 5.35. The Morgan fingerprint density at radius 1 is 0.694 bits per heavy atom. The van der Waals surface area contributed by atoms with Crippen LogP contribution in [0.4, 0.5) is 0 Å². The number of carbonyl (C=O) groups is 4. The molecule has 36 heavy (non-hydrogen) atoms. The van der Waals surface area contributed by atoms with Crippen LogP contribution in [0.3, 0.4) is 0 Å². The molecule has 0 aliphatic carbocycles. The molecule has 0 aliphatic heterocycles. The maximum Gasteiger partial charge on any atom is 0.330 e. The van der Waals surface area contributed by atoms with Crippen molar-refractivity contribution in [2.45, 2.75) is 79.1 Å². The van der Waals surface area contributed by atoms with Crippen molar-refractivity contribution in [3.05, 3.63) is 37.6 Å². The van der Waals surface area contributed by atoms with Crippen molar-refractivity contribution in [1.82, 2.24) is 0 Å². The van der Waals surface area contributed by atoms with Gasteiger partial charge in [0.05, 0.1) is 31.0 Å². The molecular weight excluding hydrogens is 464 g/mol. The van der Waals surface area contributed by atoms with Crippen LogP contribution >= 0.6 is 0 Å². The molecule has 8 nitrogen and oxygen atoms in total. The molecule has 204 valence electrons. The lowest BCUT2D eigenvalue weighted by Gasteiger charge is -2.30. The van der Waals surface area contributed by atoms with Gasteiger partial charge in [0, 0.05) is 36.8 Å². The molecule has 0 aliphatic rings. The lowest BCUT2D eigenvalue weighted by molar-refractivity contribution is -0.150. The molecule has 0 N–H and O–H groups in total. The Labute approximate surface area is 216 Å². The summed E-state index contributed by atoms with van der Waals surface area (Å²) in [4.78, 5) is 46.9. The number of hydrogen-bond acceptors (Lipinski definition) is 8. The number of carbonyl (C=O) groups excluding carboxylic acids is 4. The molecule has 0 saturated heterocycles. The van der Waals surface area contributed by atoms with E-state index >= 15 is 0 Å². The minimum atomic E-state index is -0.814. The van der Waals surface area contributed by atoms with Gasteiger partial charge in [0.1, 0.15) is 12.4 Å². The molecule has 0 heterocycles. The molecule has 0 bridgehead atoms. The van der Waals surface area contributed by atoms with Crippen LogP contribution in [-0.2, 0) is 38.1 Å². The highest BCUT2D eigenvalue weighted by atomic mass is 16.5. The zero-order valence-electron chi connectivity index (χ0n) is 22.5. The van der Waals surface area contributed by atoms with Crippen molar-refractivity contribution in [3.8, 4) is 0 Å². The Hall–Kier alpha value is -2.90. The van der Waals surface area contributed by atoms with Gasteiger partial charge in [-0.3, -0.25) is 9.59 Å². The largest absolute Gasteiger partial charge is 0.498 e. The summed E-state index contributed by atoms with van der Waals surface area (Å²) in [6, 6.07) is 0. The summed E-state index contributed by atoms with van der Waals surface area (Å²) in [7, 11) is 0. The Morgan fingerprint density at radius 2 is 1.22 bits per heavy atom. The molecule has 0 aromatic heterocycles. The van der Waals surface area contributed by atoms with Gasteiger partial charge in [-0.05, 0) is 46.0 Å². The van der Waals surface area contributed by atoms with Crippen molar-refractivity contribution in [1.29, 1.82) is 0 Å². The summed E-state index contributed by atoms with van der Waals surface area (Å²) in [6.07, 6.45) is 6.87. The average molecular weight is 509 g/mol. The van der Waals surface area contributed by atoms with Crippen LogP contribution < -0.4 is 0 Å². The molecule has 0 radical (unpaired) electrons. The van der Waals surface area contributed by atoms with Gasteiger partial charge in [-0.2, -0.15) is 0 Å². The minimum absolute atomic E-state index is 0.0115. The average Bonchev–Trinajstić information content (AvgIpc) is 2.82. The summed E-state index contributed by atoms with van der Waals surface area (Å²) in [5.74, 6) is -0.631. The van der Waals surface area contributed by atoms with E-state index in [9.17, 15) is 19.2 Å². The van der Waals surface area contributed by atoms with E-state index in [1.807, 2.05) is 13.8 Å². The van der Waals surface area contributed by atoms with E-state index in [4.69, 9.17) is 18.9 Å². The summed E-state index contributed by atoms with van der Waals surface area (Å²) in [6.45, 7) is 19.0. The van der Waals surface area contributed by atoms with Gasteiger partial charge < -0.3 is 18.9 Å². The molecule has 0 atom stereocenters. The van der Waals surface area contributed by atoms with Crippen LogP contribution in [0.5, 0.6) is 0 Å². The number of esters is 3. The highest BCUT2D eigenvalue weighted by molar-refractivity contribution is 5.85. The van der Waals surface area contributed by atoms with Crippen LogP contribution in [-0.4, -0.2) is 50.1 Å². The zero-order chi connectivity index (χ0) is 27.6. The van der Waals surface area contributed by atoms with Crippen molar-refractivity contribution in [3.63, 3.8) is 0 Å². The van der Waals surface area contributed by atoms with Gasteiger partial charge in [-0.25, -0.2) is 9.59 Å². The third-order valence-electron chi connectivity index (χ3n) is 5.35. The van der Waals surface area contributed by atoms with E-state index in [0.717, 1.165) is 25.0 Å². The molecule has 0 fully saturated rings. The first-order chi connectivity index (χ1) is 16.8. The molecule has 0 saturated carbocycles. The lowest BCUT2D eigenvalue weighted by Crippen LogP contribution is -2.35. The molecule has 0 amide bonds. The number of ether oxygens (including phenoxy) is 4. The second-order valence-corrected chi connectivity index (χ2v) is 10.1. The van der Waals surface area contributed by atoms with E-state index in [-0.39, 0.29) is 31.2 Å². The fourth-order valence-electron chi connectivity index (χ4n) is 2.94. The van der Waals surface area contributed by atoms with Gasteiger partial charge >= 0.3 is 17.9 Å². The second-order valence-electron chi connectivity index (χ2n) is 10.1. The first-order valence-corrected chi connectivity index (χ1v) is 12.4. The second kappa shape index (κ2) is 17.5. The Kier molecular flexibility index (Phi) is 16.1. The first-order valence-electron chi connectivity index (χ1n) is 12.4. The number of Topliss-reactive ketones (excluding diaryl/α,β-unsaturated/α-hetero) is 1. The fourth-order valence-corrected chi connectivity index (χ4v) is 2.94. The van der Waals surface area contributed by atoms with E-state index in [0.29, 0.717) is 51.3 Å². The van der Waals surface area contributed by atoms with Crippen molar-refractivity contribution < 1.29 is 38.1 Å². The number of unbranched alkanes of at least 4 members (excludes halogenated alkanes) is 3. The van der Waals surface area contributed by atoms with Gasteiger partial charge in [0.2, 0.25) is 0 Å². The number of allylic oxidation sites excluding steroid dienone is 1. The number of ketones is 1. The molecule has 8 heteroatoms. The van der Waals surface area contributed by atoms with Gasteiger partial charge in [-0.15, -0.1) is 0 Å². The van der Waals surface area contributed by atoms with Crippen LogP contribution in [0.15, 0.2) is 37.6 Å². The summed E-state index contributed by atoms with van der Waals surface area (Å²) in [5.41, 5.74) is -1.23. The summed E-state index contributed by atoms with van der Waals surface area (Å²) < 4.78 is 20.9. The topological polar surface area (TPSA) is 105 Å². The number of rotatable bonds is 21. The monoisotopic (exact) mass is 508 g/mol. The van der Waals surface area contributed by atoms with Crippen LogP contribution in [0, 0.1) is 10.8 Å². The molecule has 0 aromatic carbocycles. The highest BCUT2D eigenvalue weighted by Crippen LogP contribution is 2.29. The van der Waals surface area contributed by atoms with Crippen molar-refractivity contribution >= 4 is 23.7 Å². The maximum atomic E-state index is 12.9. The third kappa shape index (κ3) is 16.7. The smallest absolute Gasteiger partial charge is 0.330 e. The van der Waals surface area contributed by atoms with Gasteiger partial charge in [0.15, 0.2) is 0 Å². The first kappa shape index (κ1) is 33.1. The van der Waals surface area contributed by atoms with Crippen LogP contribution in [0.1, 0.15) is 79.1 Å². The fraction of sp³-hybridized carbons (Fsp3) is 0.643. The maximum absolute atomic E-state index is 12.9. The van der Waals surface area contributed by atoms with Gasteiger partial charge in [0.25, 0.3) is 0 Å². The normalized spacial score (nSPS) is 11.2. The standard InChI is InChI=1S/C28H44O8/c1-8-24(30)33-17-13-10-11-16-26(32)36-21-28(6,7)23(29)19-27(4,5)20-35-22(3)15-12-14-18-34-25(31)9-2/h8-9H,1-3,10-21H2,4-7H3. The van der Waals surface area contributed by atoms with E-state index < -0.39 is 22.8 Å². The molecular formula is C28H44O8.